The molecular formula is C13H10F2N2O. The SMILES string of the molecule is Cc1nccc(C(=O)Cc2cc(F)ccc2F)n1. The molecule has 0 saturated heterocycles. The van der Waals surface area contributed by atoms with E-state index in [0.717, 1.165) is 18.2 Å². The van der Waals surface area contributed by atoms with Crippen LogP contribution in [0.25, 0.3) is 0 Å². The fraction of sp³-hybridized carbons (Fsp3) is 0.154. The van der Waals surface area contributed by atoms with Gasteiger partial charge in [-0.15, -0.1) is 0 Å². The first kappa shape index (κ1) is 12.3. The second-order valence-corrected chi connectivity index (χ2v) is 3.82. The van der Waals surface area contributed by atoms with Crippen molar-refractivity contribution in [2.75, 3.05) is 0 Å². The molecule has 0 aliphatic carbocycles. The van der Waals surface area contributed by atoms with Crippen molar-refractivity contribution in [2.45, 2.75) is 13.3 Å². The number of hydrogen-bond acceptors (Lipinski definition) is 3. The minimum Gasteiger partial charge on any atom is -0.292 e. The Morgan fingerprint density at radius 1 is 1.28 bits per heavy atom. The van der Waals surface area contributed by atoms with E-state index >= 15 is 0 Å². The van der Waals surface area contributed by atoms with Crippen molar-refractivity contribution in [1.29, 1.82) is 0 Å². The molecule has 1 heterocycles. The molecule has 0 unspecified atom stereocenters. The highest BCUT2D eigenvalue weighted by Crippen LogP contribution is 2.12. The third kappa shape index (κ3) is 2.74. The van der Waals surface area contributed by atoms with Crippen LogP contribution >= 0.6 is 0 Å². The first-order valence-corrected chi connectivity index (χ1v) is 5.33. The molecule has 0 bridgehead atoms. The topological polar surface area (TPSA) is 42.9 Å². The maximum Gasteiger partial charge on any atom is 0.185 e. The zero-order valence-electron chi connectivity index (χ0n) is 9.65. The minimum atomic E-state index is -0.601. The third-order valence-corrected chi connectivity index (χ3v) is 2.42. The molecule has 2 rings (SSSR count). The monoisotopic (exact) mass is 248 g/mol. The average molecular weight is 248 g/mol. The Hall–Kier alpha value is -2.17. The van der Waals surface area contributed by atoms with E-state index in [0.29, 0.717) is 5.82 Å². The summed E-state index contributed by atoms with van der Waals surface area (Å²) in [6.45, 7) is 1.65. The van der Waals surface area contributed by atoms with Crippen LogP contribution in [0, 0.1) is 18.6 Å². The van der Waals surface area contributed by atoms with Crippen molar-refractivity contribution in [3.63, 3.8) is 0 Å². The average Bonchev–Trinajstić information content (AvgIpc) is 2.34. The number of aryl methyl sites for hydroxylation is 1. The molecule has 0 saturated carbocycles. The molecule has 0 amide bonds. The van der Waals surface area contributed by atoms with Crippen LogP contribution in [0.15, 0.2) is 30.5 Å². The minimum absolute atomic E-state index is 0.0243. The van der Waals surface area contributed by atoms with Gasteiger partial charge in [0.2, 0.25) is 0 Å². The van der Waals surface area contributed by atoms with Gasteiger partial charge in [-0.2, -0.15) is 0 Å². The van der Waals surface area contributed by atoms with Crippen LogP contribution in [0.2, 0.25) is 0 Å². The molecule has 0 fully saturated rings. The Morgan fingerprint density at radius 2 is 2.06 bits per heavy atom. The number of benzene rings is 1. The molecule has 0 aliphatic heterocycles. The summed E-state index contributed by atoms with van der Waals surface area (Å²) in [4.78, 5) is 19.7. The van der Waals surface area contributed by atoms with Crippen LogP contribution in [-0.4, -0.2) is 15.8 Å². The van der Waals surface area contributed by atoms with Gasteiger partial charge in [0.05, 0.1) is 0 Å². The molecule has 2 aromatic rings. The third-order valence-electron chi connectivity index (χ3n) is 2.42. The molecule has 0 atom stereocenters. The van der Waals surface area contributed by atoms with Gasteiger partial charge in [-0.3, -0.25) is 4.79 Å². The fourth-order valence-electron chi connectivity index (χ4n) is 1.55. The maximum absolute atomic E-state index is 13.4. The van der Waals surface area contributed by atoms with Crippen LogP contribution in [-0.2, 0) is 6.42 Å². The Balaban J connectivity index is 2.24. The largest absolute Gasteiger partial charge is 0.292 e. The molecule has 0 aliphatic rings. The van der Waals surface area contributed by atoms with Crippen molar-refractivity contribution in [1.82, 2.24) is 9.97 Å². The molecule has 5 heteroatoms. The van der Waals surface area contributed by atoms with Crippen LogP contribution < -0.4 is 0 Å². The van der Waals surface area contributed by atoms with Gasteiger partial charge in [-0.1, -0.05) is 0 Å². The predicted octanol–water partition coefficient (Wildman–Crippen LogP) is 2.49. The number of ketones is 1. The van der Waals surface area contributed by atoms with E-state index in [4.69, 9.17) is 0 Å². The van der Waals surface area contributed by atoms with Gasteiger partial charge in [0.25, 0.3) is 0 Å². The maximum atomic E-state index is 13.4. The molecule has 92 valence electrons. The molecule has 18 heavy (non-hydrogen) atoms. The number of carbonyl (C=O) groups is 1. The lowest BCUT2D eigenvalue weighted by molar-refractivity contribution is 0.0986. The smallest absolute Gasteiger partial charge is 0.185 e. The Bertz CT molecular complexity index is 599. The fourth-order valence-corrected chi connectivity index (χ4v) is 1.55. The van der Waals surface area contributed by atoms with Crippen molar-refractivity contribution in [3.8, 4) is 0 Å². The van der Waals surface area contributed by atoms with Gasteiger partial charge in [0, 0.05) is 12.6 Å². The molecule has 3 nitrogen and oxygen atoms in total. The molecule has 1 aromatic heterocycles. The van der Waals surface area contributed by atoms with Gasteiger partial charge in [-0.25, -0.2) is 18.7 Å². The highest BCUT2D eigenvalue weighted by atomic mass is 19.1. The van der Waals surface area contributed by atoms with Gasteiger partial charge in [0.15, 0.2) is 5.78 Å². The zero-order chi connectivity index (χ0) is 13.1. The van der Waals surface area contributed by atoms with Gasteiger partial charge in [0.1, 0.15) is 23.2 Å². The second kappa shape index (κ2) is 5.00. The molecule has 0 spiro atoms. The number of rotatable bonds is 3. The van der Waals surface area contributed by atoms with Gasteiger partial charge >= 0.3 is 0 Å². The van der Waals surface area contributed by atoms with Gasteiger partial charge in [-0.05, 0) is 36.8 Å². The lowest BCUT2D eigenvalue weighted by Crippen LogP contribution is -2.08. The van der Waals surface area contributed by atoms with Crippen LogP contribution in [0.1, 0.15) is 21.9 Å². The van der Waals surface area contributed by atoms with E-state index in [1.807, 2.05) is 0 Å². The molecule has 0 radical (unpaired) electrons. The zero-order valence-corrected chi connectivity index (χ0v) is 9.65. The van der Waals surface area contributed by atoms with Crippen LogP contribution in [0.4, 0.5) is 8.78 Å². The second-order valence-electron chi connectivity index (χ2n) is 3.82. The van der Waals surface area contributed by atoms with E-state index in [9.17, 15) is 13.6 Å². The summed E-state index contributed by atoms with van der Waals surface area (Å²) in [5, 5.41) is 0. The van der Waals surface area contributed by atoms with E-state index in [2.05, 4.69) is 9.97 Å². The van der Waals surface area contributed by atoms with Crippen molar-refractivity contribution >= 4 is 5.78 Å². The number of hydrogen-bond donors (Lipinski definition) is 0. The van der Waals surface area contributed by atoms with E-state index in [1.165, 1.54) is 12.3 Å². The molecule has 1 aromatic carbocycles. The number of halogens is 2. The Kier molecular flexibility index (Phi) is 3.41. The Morgan fingerprint density at radius 3 is 2.78 bits per heavy atom. The number of carbonyl (C=O) groups excluding carboxylic acids is 1. The summed E-state index contributed by atoms with van der Waals surface area (Å²) >= 11 is 0. The first-order valence-electron chi connectivity index (χ1n) is 5.33. The number of nitrogens with zero attached hydrogens (tertiary/aromatic N) is 2. The standard InChI is InChI=1S/C13H10F2N2O/c1-8-16-5-4-12(17-8)13(18)7-9-6-10(14)2-3-11(9)15/h2-6H,7H2,1H3. The molecular weight excluding hydrogens is 238 g/mol. The summed E-state index contributed by atoms with van der Waals surface area (Å²) in [7, 11) is 0. The van der Waals surface area contributed by atoms with E-state index < -0.39 is 11.6 Å². The van der Waals surface area contributed by atoms with Crippen molar-refractivity contribution < 1.29 is 13.6 Å². The van der Waals surface area contributed by atoms with Gasteiger partial charge < -0.3 is 0 Å². The lowest BCUT2D eigenvalue weighted by Gasteiger charge is -2.03. The highest BCUT2D eigenvalue weighted by molar-refractivity contribution is 5.95. The summed E-state index contributed by atoms with van der Waals surface area (Å²) in [6.07, 6.45) is 1.23. The summed E-state index contributed by atoms with van der Waals surface area (Å²) in [6, 6.07) is 4.48. The van der Waals surface area contributed by atoms with E-state index in [1.54, 1.807) is 6.92 Å². The van der Waals surface area contributed by atoms with Crippen molar-refractivity contribution in [3.05, 3.63) is 59.2 Å². The molecule has 0 N–H and O–H groups in total. The van der Waals surface area contributed by atoms with Crippen molar-refractivity contribution in [2.24, 2.45) is 0 Å². The lowest BCUT2D eigenvalue weighted by atomic mass is 10.1. The number of aromatic nitrogens is 2. The Labute approximate surface area is 103 Å². The van der Waals surface area contributed by atoms with Crippen LogP contribution in [0.3, 0.4) is 0 Å². The normalized spacial score (nSPS) is 10.4. The first-order chi connectivity index (χ1) is 8.56. The number of Topliss-reactive ketones (excluding diaryl/α,β-unsaturated/α-hetero) is 1. The van der Waals surface area contributed by atoms with Crippen LogP contribution in [0.5, 0.6) is 0 Å². The summed E-state index contributed by atoms with van der Waals surface area (Å²) in [5.41, 5.74) is 0.224. The quantitative estimate of drug-likeness (QED) is 0.784. The van der Waals surface area contributed by atoms with E-state index in [-0.39, 0.29) is 23.5 Å². The highest BCUT2D eigenvalue weighted by Gasteiger charge is 2.12. The summed E-state index contributed by atoms with van der Waals surface area (Å²) < 4.78 is 26.3. The summed E-state index contributed by atoms with van der Waals surface area (Å²) in [5.74, 6) is -1.08. The predicted molar refractivity (Wildman–Crippen MR) is 61.2 cm³/mol.